The van der Waals surface area contributed by atoms with Gasteiger partial charge in [0.1, 0.15) is 0 Å². The van der Waals surface area contributed by atoms with Gasteiger partial charge in [0.2, 0.25) is 5.78 Å². The third kappa shape index (κ3) is 5.72. The Kier molecular flexibility index (Phi) is 7.59. The number of rotatable bonds is 9. The van der Waals surface area contributed by atoms with Crippen molar-refractivity contribution in [2.75, 3.05) is 0 Å². The highest BCUT2D eigenvalue weighted by Gasteiger charge is 2.18. The number of nitrogens with zero attached hydrogens (tertiary/aromatic N) is 2. The van der Waals surface area contributed by atoms with Crippen molar-refractivity contribution in [3.8, 4) is 11.1 Å². The largest absolute Gasteiger partial charge is 0.335 e. The van der Waals surface area contributed by atoms with Crippen molar-refractivity contribution in [3.05, 3.63) is 100 Å². The highest BCUT2D eigenvalue weighted by molar-refractivity contribution is 6.51. The number of ketones is 1. The molecule has 0 saturated carbocycles. The van der Waals surface area contributed by atoms with E-state index in [1.807, 2.05) is 13.0 Å². The molecule has 0 unspecified atom stereocenters. The summed E-state index contributed by atoms with van der Waals surface area (Å²) in [6, 6.07) is 21.8. The zero-order chi connectivity index (χ0) is 22.9. The molecule has 3 aromatic carbocycles. The Hall–Kier alpha value is -4.13. The summed E-state index contributed by atoms with van der Waals surface area (Å²) in [6.45, 7) is 1.97. The zero-order valence-electron chi connectivity index (χ0n) is 17.6. The minimum atomic E-state index is -0.485. The summed E-state index contributed by atoms with van der Waals surface area (Å²) in [5.74, 6) is -0.864. The normalized spacial score (nSPS) is 11.1. The number of hydrogen-bond acceptors (Lipinski definition) is 6. The van der Waals surface area contributed by atoms with E-state index in [4.69, 9.17) is 4.84 Å². The van der Waals surface area contributed by atoms with Crippen LogP contribution in [0, 0.1) is 10.1 Å². The Labute approximate surface area is 185 Å². The minimum absolute atomic E-state index is 0.0118. The summed E-state index contributed by atoms with van der Waals surface area (Å²) >= 11 is 0. The number of oxime groups is 1. The van der Waals surface area contributed by atoms with Crippen molar-refractivity contribution in [1.29, 1.82) is 0 Å². The molecule has 3 aromatic rings. The molecule has 0 heterocycles. The molecule has 7 nitrogen and oxygen atoms in total. The van der Waals surface area contributed by atoms with Crippen molar-refractivity contribution in [1.82, 2.24) is 0 Å². The van der Waals surface area contributed by atoms with Gasteiger partial charge in [0.05, 0.1) is 4.92 Å². The van der Waals surface area contributed by atoms with E-state index in [2.05, 4.69) is 5.16 Å². The van der Waals surface area contributed by atoms with Gasteiger partial charge in [0, 0.05) is 29.7 Å². The highest BCUT2D eigenvalue weighted by Crippen LogP contribution is 2.23. The van der Waals surface area contributed by atoms with Gasteiger partial charge in [-0.15, -0.1) is 0 Å². The number of non-ortho nitro benzene ring substituents is 1. The van der Waals surface area contributed by atoms with Crippen LogP contribution >= 0.6 is 0 Å². The number of hydrogen-bond donors (Lipinski definition) is 0. The van der Waals surface area contributed by atoms with Gasteiger partial charge >= 0.3 is 5.97 Å². The number of unbranched alkanes of at least 4 members (excludes halogenated alkanes) is 1. The molecular formula is C25H22N2O5. The second-order valence-corrected chi connectivity index (χ2v) is 7.08. The quantitative estimate of drug-likeness (QED) is 0.145. The first-order chi connectivity index (χ1) is 15.5. The van der Waals surface area contributed by atoms with Crippen LogP contribution in [0.1, 0.15) is 42.1 Å². The van der Waals surface area contributed by atoms with Crippen molar-refractivity contribution >= 4 is 23.2 Å². The molecule has 0 aliphatic carbocycles. The van der Waals surface area contributed by atoms with Gasteiger partial charge in [0.25, 0.3) is 5.69 Å². The highest BCUT2D eigenvalue weighted by atomic mass is 16.7. The van der Waals surface area contributed by atoms with Crippen LogP contribution in [0.15, 0.2) is 84.0 Å². The molecule has 0 atom stereocenters. The van der Waals surface area contributed by atoms with E-state index in [1.54, 1.807) is 60.7 Å². The van der Waals surface area contributed by atoms with Crippen molar-refractivity contribution < 1.29 is 19.3 Å². The fraction of sp³-hybridized carbons (Fsp3) is 0.160. The number of benzene rings is 3. The second-order valence-electron chi connectivity index (χ2n) is 7.08. The maximum atomic E-state index is 13.1. The fourth-order valence-electron chi connectivity index (χ4n) is 3.01. The van der Waals surface area contributed by atoms with Crippen molar-refractivity contribution in [2.45, 2.75) is 26.2 Å². The van der Waals surface area contributed by atoms with E-state index in [-0.39, 0.29) is 23.6 Å². The van der Waals surface area contributed by atoms with Crippen LogP contribution in [0.4, 0.5) is 5.69 Å². The molecule has 0 bridgehead atoms. The van der Waals surface area contributed by atoms with Crippen molar-refractivity contribution in [3.63, 3.8) is 0 Å². The van der Waals surface area contributed by atoms with E-state index in [9.17, 15) is 19.7 Å². The Balaban J connectivity index is 1.84. The summed E-state index contributed by atoms with van der Waals surface area (Å²) in [5.41, 5.74) is 2.57. The van der Waals surface area contributed by atoms with Gasteiger partial charge in [-0.25, -0.2) is 4.79 Å². The zero-order valence-corrected chi connectivity index (χ0v) is 17.6. The predicted molar refractivity (Wildman–Crippen MR) is 121 cm³/mol. The molecule has 0 spiro atoms. The molecule has 162 valence electrons. The smallest absolute Gasteiger partial charge is 0.318 e. The number of nitro benzene ring substituents is 1. The molecule has 32 heavy (non-hydrogen) atoms. The van der Waals surface area contributed by atoms with Gasteiger partial charge in [-0.3, -0.25) is 14.9 Å². The minimum Gasteiger partial charge on any atom is -0.318 e. The first kappa shape index (κ1) is 22.6. The SMILES string of the molecule is CCCCC(=O)O/N=C(\C(=O)c1ccc(-c2ccc([N+](=O)[O-])cc2)cc1)c1ccccc1. The second kappa shape index (κ2) is 10.8. The van der Waals surface area contributed by atoms with Crippen LogP contribution in [0.3, 0.4) is 0 Å². The number of nitro groups is 1. The maximum Gasteiger partial charge on any atom is 0.335 e. The van der Waals surface area contributed by atoms with E-state index >= 15 is 0 Å². The van der Waals surface area contributed by atoms with Crippen LogP contribution in [-0.4, -0.2) is 22.4 Å². The molecular weight excluding hydrogens is 408 g/mol. The first-order valence-electron chi connectivity index (χ1n) is 10.2. The fourth-order valence-corrected chi connectivity index (χ4v) is 3.01. The predicted octanol–water partition coefficient (Wildman–Crippen LogP) is 5.58. The van der Waals surface area contributed by atoms with Crippen LogP contribution < -0.4 is 0 Å². The molecule has 0 aromatic heterocycles. The third-order valence-electron chi connectivity index (χ3n) is 4.79. The summed E-state index contributed by atoms with van der Waals surface area (Å²) in [4.78, 5) is 40.4. The maximum absolute atomic E-state index is 13.1. The van der Waals surface area contributed by atoms with Crippen LogP contribution in [0.2, 0.25) is 0 Å². The van der Waals surface area contributed by atoms with Crippen molar-refractivity contribution in [2.24, 2.45) is 5.16 Å². The Morgan fingerprint density at radius 1 is 0.875 bits per heavy atom. The lowest BCUT2D eigenvalue weighted by molar-refractivity contribution is -0.384. The average Bonchev–Trinajstić information content (AvgIpc) is 2.83. The van der Waals surface area contributed by atoms with E-state index in [0.717, 1.165) is 17.5 Å². The monoisotopic (exact) mass is 430 g/mol. The van der Waals surface area contributed by atoms with E-state index < -0.39 is 10.9 Å². The molecule has 0 fully saturated rings. The lowest BCUT2D eigenvalue weighted by Crippen LogP contribution is -2.17. The first-order valence-corrected chi connectivity index (χ1v) is 10.2. The topological polar surface area (TPSA) is 98.9 Å². The molecule has 0 N–H and O–H groups in total. The summed E-state index contributed by atoms with van der Waals surface area (Å²) in [6.07, 6.45) is 1.78. The Morgan fingerprint density at radius 3 is 2.03 bits per heavy atom. The molecule has 0 amide bonds. The lowest BCUT2D eigenvalue weighted by Gasteiger charge is -2.07. The van der Waals surface area contributed by atoms with Crippen LogP contribution in [0.5, 0.6) is 0 Å². The number of carbonyl (C=O) groups is 2. The number of carbonyl (C=O) groups excluding carboxylic acids is 2. The van der Waals surface area contributed by atoms with Gasteiger partial charge in [0.15, 0.2) is 5.71 Å². The molecule has 0 radical (unpaired) electrons. The summed E-state index contributed by atoms with van der Waals surface area (Å²) < 4.78 is 0. The Morgan fingerprint density at radius 2 is 1.47 bits per heavy atom. The molecule has 0 aliphatic heterocycles. The lowest BCUT2D eigenvalue weighted by atomic mass is 9.98. The standard InChI is InChI=1S/C25H22N2O5/c1-2-3-9-23(28)32-26-24(20-7-5-4-6-8-20)25(29)21-12-10-18(11-13-21)19-14-16-22(17-15-19)27(30)31/h4-8,10-17H,2-3,9H2,1H3/b26-24-. The average molecular weight is 430 g/mol. The van der Waals surface area contributed by atoms with Gasteiger partial charge in [-0.2, -0.15) is 0 Å². The van der Waals surface area contributed by atoms with Crippen LogP contribution in [0.25, 0.3) is 11.1 Å². The molecule has 0 saturated heterocycles. The van der Waals surface area contributed by atoms with Gasteiger partial charge in [-0.1, -0.05) is 73.1 Å². The molecule has 3 rings (SSSR count). The Bertz CT molecular complexity index is 1120. The number of Topliss-reactive ketones (excluding diaryl/α,β-unsaturated/α-hetero) is 1. The van der Waals surface area contributed by atoms with Crippen LogP contribution in [-0.2, 0) is 9.63 Å². The van der Waals surface area contributed by atoms with E-state index in [1.165, 1.54) is 12.1 Å². The van der Waals surface area contributed by atoms with Gasteiger partial charge in [-0.05, 0) is 29.7 Å². The summed E-state index contributed by atoms with van der Waals surface area (Å²) in [5, 5.41) is 14.7. The summed E-state index contributed by atoms with van der Waals surface area (Å²) in [7, 11) is 0. The van der Waals surface area contributed by atoms with Gasteiger partial charge < -0.3 is 4.84 Å². The third-order valence-corrected chi connectivity index (χ3v) is 4.79. The van der Waals surface area contributed by atoms with E-state index in [0.29, 0.717) is 17.5 Å². The molecule has 7 heteroatoms. The molecule has 0 aliphatic rings.